The van der Waals surface area contributed by atoms with Crippen molar-refractivity contribution in [2.24, 2.45) is 0 Å². The van der Waals surface area contributed by atoms with Crippen LogP contribution in [-0.4, -0.2) is 43.6 Å². The molecule has 19 heavy (non-hydrogen) atoms. The van der Waals surface area contributed by atoms with Gasteiger partial charge in [-0.15, -0.1) is 11.3 Å². The van der Waals surface area contributed by atoms with Crippen molar-refractivity contribution in [3.63, 3.8) is 0 Å². The second-order valence-electron chi connectivity index (χ2n) is 3.35. The lowest BCUT2D eigenvalue weighted by molar-refractivity contribution is 0.0593. The molecule has 2 amide bonds. The first-order chi connectivity index (χ1) is 8.92. The van der Waals surface area contributed by atoms with Crippen molar-refractivity contribution < 1.29 is 23.9 Å². The summed E-state index contributed by atoms with van der Waals surface area (Å²) in [6.45, 7) is 1.80. The number of carbonyl (C=O) groups excluding carboxylic acids is 3. The highest BCUT2D eigenvalue weighted by atomic mass is 79.9. The summed E-state index contributed by atoms with van der Waals surface area (Å²) < 4.78 is 9.90. The van der Waals surface area contributed by atoms with Crippen LogP contribution in [0.15, 0.2) is 9.85 Å². The zero-order chi connectivity index (χ0) is 14.6. The highest BCUT2D eigenvalue weighted by molar-refractivity contribution is 9.11. The quantitative estimate of drug-likeness (QED) is 0.784. The summed E-state index contributed by atoms with van der Waals surface area (Å²) in [5.41, 5.74) is 0.0966. The van der Waals surface area contributed by atoms with Gasteiger partial charge in [-0.05, 0) is 28.9 Å². The van der Waals surface area contributed by atoms with Crippen molar-refractivity contribution in [1.82, 2.24) is 4.90 Å². The lowest BCUT2D eigenvalue weighted by Gasteiger charge is -2.14. The van der Waals surface area contributed by atoms with Gasteiger partial charge in [-0.2, -0.15) is 0 Å². The maximum atomic E-state index is 12.1. The van der Waals surface area contributed by atoms with Crippen LogP contribution in [0.3, 0.4) is 0 Å². The topological polar surface area (TPSA) is 72.9 Å². The summed E-state index contributed by atoms with van der Waals surface area (Å²) in [5, 5.41) is 0. The lowest BCUT2D eigenvalue weighted by Crippen LogP contribution is -2.34. The van der Waals surface area contributed by atoms with Gasteiger partial charge in [0.15, 0.2) is 0 Å². The first-order valence-electron chi connectivity index (χ1n) is 5.24. The van der Waals surface area contributed by atoms with Crippen molar-refractivity contribution in [2.75, 3.05) is 20.8 Å². The summed E-state index contributed by atoms with van der Waals surface area (Å²) in [5.74, 6) is -1.25. The molecule has 0 bridgehead atoms. The van der Waals surface area contributed by atoms with E-state index in [2.05, 4.69) is 20.7 Å². The van der Waals surface area contributed by atoms with Crippen LogP contribution in [0.4, 0.5) is 4.79 Å². The van der Waals surface area contributed by atoms with Gasteiger partial charge in [0.05, 0.1) is 23.1 Å². The summed E-state index contributed by atoms with van der Waals surface area (Å²) in [6, 6.07) is 1.47. The molecule has 0 unspecified atom stereocenters. The molecule has 0 saturated heterocycles. The van der Waals surface area contributed by atoms with Crippen molar-refractivity contribution in [2.45, 2.75) is 6.92 Å². The maximum Gasteiger partial charge on any atom is 0.416 e. The van der Waals surface area contributed by atoms with E-state index in [0.29, 0.717) is 3.79 Å². The molecule has 8 heteroatoms. The van der Waals surface area contributed by atoms with E-state index in [1.807, 2.05) is 0 Å². The van der Waals surface area contributed by atoms with Crippen LogP contribution in [0.5, 0.6) is 0 Å². The monoisotopic (exact) mass is 349 g/mol. The molecule has 1 heterocycles. The van der Waals surface area contributed by atoms with E-state index < -0.39 is 18.0 Å². The van der Waals surface area contributed by atoms with Gasteiger partial charge in [0, 0.05) is 7.05 Å². The Morgan fingerprint density at radius 3 is 2.58 bits per heavy atom. The van der Waals surface area contributed by atoms with E-state index >= 15 is 0 Å². The summed E-state index contributed by atoms with van der Waals surface area (Å²) in [4.78, 5) is 36.1. The Balaban J connectivity index is 3.06. The summed E-state index contributed by atoms with van der Waals surface area (Å²) >= 11 is 4.25. The number of rotatable bonds is 3. The smallest absolute Gasteiger partial charge is 0.416 e. The van der Waals surface area contributed by atoms with Gasteiger partial charge in [-0.25, -0.2) is 14.5 Å². The van der Waals surface area contributed by atoms with Crippen LogP contribution >= 0.6 is 27.3 Å². The van der Waals surface area contributed by atoms with E-state index in [1.54, 1.807) is 6.92 Å². The Hall–Kier alpha value is -1.41. The summed E-state index contributed by atoms with van der Waals surface area (Å²) in [6.07, 6.45) is -0.773. The zero-order valence-electron chi connectivity index (χ0n) is 10.6. The molecule has 0 spiro atoms. The fourth-order valence-corrected chi connectivity index (χ4v) is 2.76. The van der Waals surface area contributed by atoms with E-state index in [1.165, 1.54) is 20.2 Å². The number of esters is 1. The van der Waals surface area contributed by atoms with Crippen molar-refractivity contribution in [1.29, 1.82) is 0 Å². The molecule has 0 aliphatic rings. The molecule has 0 aliphatic heterocycles. The molecular formula is C11H12BrNO5S. The molecule has 0 aromatic carbocycles. The third-order valence-corrected chi connectivity index (χ3v) is 3.77. The van der Waals surface area contributed by atoms with E-state index in [0.717, 1.165) is 16.2 Å². The van der Waals surface area contributed by atoms with Gasteiger partial charge in [0.2, 0.25) is 0 Å². The van der Waals surface area contributed by atoms with Crippen molar-refractivity contribution in [3.8, 4) is 0 Å². The fraction of sp³-hybridized carbons (Fsp3) is 0.364. The molecule has 0 aliphatic carbocycles. The predicted octanol–water partition coefficient (Wildman–Crippen LogP) is 2.53. The Morgan fingerprint density at radius 1 is 1.42 bits per heavy atom. The number of carbonyl (C=O) groups is 3. The highest BCUT2D eigenvalue weighted by Gasteiger charge is 2.27. The molecule has 0 N–H and O–H groups in total. The number of hydrogen-bond acceptors (Lipinski definition) is 6. The number of hydrogen-bond donors (Lipinski definition) is 0. The predicted molar refractivity (Wildman–Crippen MR) is 72.5 cm³/mol. The van der Waals surface area contributed by atoms with Gasteiger partial charge in [0.1, 0.15) is 4.88 Å². The van der Waals surface area contributed by atoms with Gasteiger partial charge in [-0.3, -0.25) is 4.79 Å². The van der Waals surface area contributed by atoms with Crippen LogP contribution in [0, 0.1) is 0 Å². The number of thiophene rings is 1. The first-order valence-corrected chi connectivity index (χ1v) is 6.85. The Morgan fingerprint density at radius 2 is 2.05 bits per heavy atom. The maximum absolute atomic E-state index is 12.1. The minimum Gasteiger partial charge on any atom is -0.465 e. The minimum atomic E-state index is -0.773. The van der Waals surface area contributed by atoms with Gasteiger partial charge in [0.25, 0.3) is 5.91 Å². The number of methoxy groups -OCH3 is 1. The van der Waals surface area contributed by atoms with Crippen LogP contribution in [0.1, 0.15) is 27.0 Å². The number of imide groups is 1. The highest BCUT2D eigenvalue weighted by Crippen LogP contribution is 2.28. The zero-order valence-corrected chi connectivity index (χ0v) is 13.0. The largest absolute Gasteiger partial charge is 0.465 e. The third kappa shape index (κ3) is 3.54. The fourth-order valence-electron chi connectivity index (χ4n) is 1.25. The average molecular weight is 350 g/mol. The van der Waals surface area contributed by atoms with E-state index in [-0.39, 0.29) is 17.0 Å². The Bertz CT molecular complexity index is 513. The van der Waals surface area contributed by atoms with Crippen LogP contribution in [0.2, 0.25) is 0 Å². The molecule has 0 atom stereocenters. The van der Waals surface area contributed by atoms with Crippen molar-refractivity contribution in [3.05, 3.63) is 20.3 Å². The Kier molecular flexibility index (Phi) is 5.49. The molecule has 0 fully saturated rings. The molecule has 0 radical (unpaired) electrons. The van der Waals surface area contributed by atoms with Gasteiger partial charge >= 0.3 is 12.1 Å². The van der Waals surface area contributed by atoms with Gasteiger partial charge < -0.3 is 9.47 Å². The second kappa shape index (κ2) is 6.67. The molecule has 0 saturated carbocycles. The van der Waals surface area contributed by atoms with Crippen LogP contribution < -0.4 is 0 Å². The second-order valence-corrected chi connectivity index (χ2v) is 5.78. The molecular weight excluding hydrogens is 338 g/mol. The van der Waals surface area contributed by atoms with Crippen LogP contribution in [-0.2, 0) is 9.47 Å². The number of nitrogens with zero attached hydrogens (tertiary/aromatic N) is 1. The third-order valence-electron chi connectivity index (χ3n) is 2.15. The molecule has 6 nitrogen and oxygen atoms in total. The van der Waals surface area contributed by atoms with Crippen LogP contribution in [0.25, 0.3) is 0 Å². The average Bonchev–Trinajstić information content (AvgIpc) is 2.78. The lowest BCUT2D eigenvalue weighted by atomic mass is 10.2. The Labute approximate surface area is 122 Å². The number of ether oxygens (including phenoxy) is 2. The van der Waals surface area contributed by atoms with Crippen molar-refractivity contribution >= 4 is 45.2 Å². The standard InChI is InChI=1S/C11H12BrNO5S/c1-4-18-11(16)13(2)9(14)6-5-7(12)19-8(6)10(15)17-3/h5H,4H2,1-3H3. The molecule has 1 aromatic rings. The minimum absolute atomic E-state index is 0.0966. The first kappa shape index (κ1) is 15.6. The molecule has 104 valence electrons. The molecule has 1 aromatic heterocycles. The number of halogens is 1. The van der Waals surface area contributed by atoms with Gasteiger partial charge in [-0.1, -0.05) is 0 Å². The van der Waals surface area contributed by atoms with E-state index in [4.69, 9.17) is 4.74 Å². The summed E-state index contributed by atoms with van der Waals surface area (Å²) in [7, 11) is 2.51. The normalized spacial score (nSPS) is 9.89. The van der Waals surface area contributed by atoms with E-state index in [9.17, 15) is 14.4 Å². The number of amides is 2. The SMILES string of the molecule is CCOC(=O)N(C)C(=O)c1cc(Br)sc1C(=O)OC. The molecule has 1 rings (SSSR count).